The molecule has 0 aliphatic carbocycles. The summed E-state index contributed by atoms with van der Waals surface area (Å²) in [5, 5.41) is 0. The van der Waals surface area contributed by atoms with E-state index in [0.717, 1.165) is 19.7 Å². The Morgan fingerprint density at radius 2 is 1.81 bits per heavy atom. The molecule has 0 amide bonds. The molecule has 0 spiro atoms. The molecule has 116 valence electrons. The standard InChI is InChI=1S/C17H27N3O/c1-2-21-14-16-10-6-5-9-15(16)13-19-17(18)20-11-7-3-4-8-12-20/h5-6,9-10H,2-4,7-8,11-14H2,1H3,(H2,18,19). The number of nitrogens with zero attached hydrogens (tertiary/aromatic N) is 2. The average Bonchev–Trinajstić information content (AvgIpc) is 2.80. The first-order valence-corrected chi connectivity index (χ1v) is 8.00. The fourth-order valence-electron chi connectivity index (χ4n) is 2.63. The largest absolute Gasteiger partial charge is 0.377 e. The van der Waals surface area contributed by atoms with E-state index in [-0.39, 0.29) is 0 Å². The molecule has 1 aromatic rings. The summed E-state index contributed by atoms with van der Waals surface area (Å²) in [6.45, 7) is 6.09. The molecule has 4 nitrogen and oxygen atoms in total. The molecule has 0 unspecified atom stereocenters. The molecule has 1 fully saturated rings. The minimum absolute atomic E-state index is 0.631. The maximum Gasteiger partial charge on any atom is 0.191 e. The molecule has 2 rings (SSSR count). The van der Waals surface area contributed by atoms with Gasteiger partial charge in [0, 0.05) is 19.7 Å². The van der Waals surface area contributed by atoms with Gasteiger partial charge in [0.2, 0.25) is 0 Å². The molecule has 1 aromatic carbocycles. The van der Waals surface area contributed by atoms with Crippen molar-refractivity contribution in [2.24, 2.45) is 10.7 Å². The highest BCUT2D eigenvalue weighted by molar-refractivity contribution is 5.78. The number of nitrogens with two attached hydrogens (primary N) is 1. The first-order chi connectivity index (χ1) is 10.3. The Labute approximate surface area is 128 Å². The highest BCUT2D eigenvalue weighted by atomic mass is 16.5. The van der Waals surface area contributed by atoms with E-state index < -0.39 is 0 Å². The van der Waals surface area contributed by atoms with Crippen molar-refractivity contribution < 1.29 is 4.74 Å². The highest BCUT2D eigenvalue weighted by Crippen LogP contribution is 2.13. The Morgan fingerprint density at radius 1 is 1.14 bits per heavy atom. The van der Waals surface area contributed by atoms with E-state index in [1.807, 2.05) is 19.1 Å². The molecular formula is C17H27N3O. The lowest BCUT2D eigenvalue weighted by atomic mass is 10.1. The molecule has 2 N–H and O–H groups in total. The number of likely N-dealkylation sites (tertiary alicyclic amines) is 1. The third-order valence-electron chi connectivity index (χ3n) is 3.92. The van der Waals surface area contributed by atoms with Gasteiger partial charge >= 0.3 is 0 Å². The summed E-state index contributed by atoms with van der Waals surface area (Å²) in [6.07, 6.45) is 5.05. The van der Waals surface area contributed by atoms with Crippen LogP contribution in [0, 0.1) is 0 Å². The van der Waals surface area contributed by atoms with Crippen LogP contribution in [0.25, 0.3) is 0 Å². The zero-order valence-corrected chi connectivity index (χ0v) is 13.1. The van der Waals surface area contributed by atoms with Crippen molar-refractivity contribution in [3.05, 3.63) is 35.4 Å². The number of aliphatic imine (C=N–C) groups is 1. The van der Waals surface area contributed by atoms with E-state index in [2.05, 4.69) is 22.0 Å². The monoisotopic (exact) mass is 289 g/mol. The van der Waals surface area contributed by atoms with Crippen molar-refractivity contribution in [2.45, 2.75) is 45.8 Å². The van der Waals surface area contributed by atoms with Crippen molar-refractivity contribution >= 4 is 5.96 Å². The van der Waals surface area contributed by atoms with Crippen molar-refractivity contribution in [3.63, 3.8) is 0 Å². The van der Waals surface area contributed by atoms with Crippen molar-refractivity contribution in [1.29, 1.82) is 0 Å². The predicted molar refractivity (Wildman–Crippen MR) is 87.1 cm³/mol. The van der Waals surface area contributed by atoms with Crippen molar-refractivity contribution in [3.8, 4) is 0 Å². The van der Waals surface area contributed by atoms with Crippen LogP contribution in [-0.4, -0.2) is 30.6 Å². The molecule has 0 aromatic heterocycles. The second-order valence-electron chi connectivity index (χ2n) is 5.48. The van der Waals surface area contributed by atoms with Crippen LogP contribution in [0.5, 0.6) is 0 Å². The third-order valence-corrected chi connectivity index (χ3v) is 3.92. The fraction of sp³-hybridized carbons (Fsp3) is 0.588. The lowest BCUT2D eigenvalue weighted by molar-refractivity contribution is 0.133. The van der Waals surface area contributed by atoms with E-state index in [0.29, 0.717) is 19.1 Å². The Kier molecular flexibility index (Phi) is 6.54. The van der Waals surface area contributed by atoms with E-state index in [9.17, 15) is 0 Å². The molecule has 0 atom stereocenters. The van der Waals surface area contributed by atoms with Crippen molar-refractivity contribution in [1.82, 2.24) is 4.90 Å². The minimum Gasteiger partial charge on any atom is -0.377 e. The first kappa shape index (κ1) is 15.8. The zero-order chi connectivity index (χ0) is 14.9. The summed E-state index contributed by atoms with van der Waals surface area (Å²) >= 11 is 0. The van der Waals surface area contributed by atoms with Crippen LogP contribution in [0.1, 0.15) is 43.7 Å². The maximum atomic E-state index is 6.16. The second-order valence-corrected chi connectivity index (χ2v) is 5.48. The van der Waals surface area contributed by atoms with Crippen LogP contribution in [-0.2, 0) is 17.9 Å². The fourth-order valence-corrected chi connectivity index (χ4v) is 2.63. The van der Waals surface area contributed by atoms with Crippen LogP contribution < -0.4 is 5.73 Å². The molecule has 1 aliphatic rings. The molecule has 1 aliphatic heterocycles. The number of ether oxygens (including phenoxy) is 1. The smallest absolute Gasteiger partial charge is 0.191 e. The number of hydrogen-bond donors (Lipinski definition) is 1. The molecule has 0 bridgehead atoms. The van der Waals surface area contributed by atoms with E-state index in [1.165, 1.54) is 36.8 Å². The van der Waals surface area contributed by atoms with Crippen LogP contribution in [0.4, 0.5) is 0 Å². The van der Waals surface area contributed by atoms with Gasteiger partial charge in [0.1, 0.15) is 0 Å². The summed E-state index contributed by atoms with van der Waals surface area (Å²) in [7, 11) is 0. The SMILES string of the molecule is CCOCc1ccccc1CN=C(N)N1CCCCCC1. The number of benzene rings is 1. The normalized spacial score (nSPS) is 16.8. The summed E-state index contributed by atoms with van der Waals surface area (Å²) in [4.78, 5) is 6.81. The van der Waals surface area contributed by atoms with Crippen LogP contribution in [0.3, 0.4) is 0 Å². The zero-order valence-electron chi connectivity index (χ0n) is 13.1. The molecule has 0 radical (unpaired) electrons. The number of rotatable bonds is 5. The molecule has 0 saturated carbocycles. The molecule has 21 heavy (non-hydrogen) atoms. The van der Waals surface area contributed by atoms with E-state index in [1.54, 1.807) is 0 Å². The second kappa shape index (κ2) is 8.67. The van der Waals surface area contributed by atoms with Crippen LogP contribution in [0.15, 0.2) is 29.3 Å². The summed E-state index contributed by atoms with van der Waals surface area (Å²) in [5.74, 6) is 0.683. The van der Waals surface area contributed by atoms with Gasteiger partial charge in [-0.05, 0) is 30.9 Å². The molecule has 1 heterocycles. The van der Waals surface area contributed by atoms with Gasteiger partial charge in [-0.2, -0.15) is 0 Å². The molecule has 1 saturated heterocycles. The number of guanidine groups is 1. The van der Waals surface area contributed by atoms with Gasteiger partial charge in [0.25, 0.3) is 0 Å². The Bertz CT molecular complexity index is 451. The van der Waals surface area contributed by atoms with Gasteiger partial charge in [0.15, 0.2) is 5.96 Å². The summed E-state index contributed by atoms with van der Waals surface area (Å²) in [6, 6.07) is 8.29. The van der Waals surface area contributed by atoms with Crippen molar-refractivity contribution in [2.75, 3.05) is 19.7 Å². The van der Waals surface area contributed by atoms with Crippen LogP contribution in [0.2, 0.25) is 0 Å². The average molecular weight is 289 g/mol. The third kappa shape index (κ3) is 5.05. The van der Waals surface area contributed by atoms with E-state index in [4.69, 9.17) is 10.5 Å². The Morgan fingerprint density at radius 3 is 2.48 bits per heavy atom. The van der Waals surface area contributed by atoms with Crippen LogP contribution >= 0.6 is 0 Å². The summed E-state index contributed by atoms with van der Waals surface area (Å²) < 4.78 is 5.51. The molecule has 4 heteroatoms. The van der Waals surface area contributed by atoms with E-state index >= 15 is 0 Å². The van der Waals surface area contributed by atoms with Gasteiger partial charge in [-0.1, -0.05) is 37.1 Å². The molecular weight excluding hydrogens is 262 g/mol. The maximum absolute atomic E-state index is 6.16. The predicted octanol–water partition coefficient (Wildman–Crippen LogP) is 2.91. The Balaban J connectivity index is 1.98. The van der Waals surface area contributed by atoms with Gasteiger partial charge in [0.05, 0.1) is 13.2 Å². The first-order valence-electron chi connectivity index (χ1n) is 8.00. The van der Waals surface area contributed by atoms with Gasteiger partial charge < -0.3 is 15.4 Å². The Hall–Kier alpha value is -1.55. The topological polar surface area (TPSA) is 50.9 Å². The minimum atomic E-state index is 0.631. The van der Waals surface area contributed by atoms with Gasteiger partial charge in [-0.15, -0.1) is 0 Å². The number of hydrogen-bond acceptors (Lipinski definition) is 2. The van der Waals surface area contributed by atoms with Gasteiger partial charge in [-0.25, -0.2) is 4.99 Å². The lowest BCUT2D eigenvalue weighted by Gasteiger charge is -2.21. The summed E-state index contributed by atoms with van der Waals surface area (Å²) in [5.41, 5.74) is 8.56. The lowest BCUT2D eigenvalue weighted by Crippen LogP contribution is -2.38. The highest BCUT2D eigenvalue weighted by Gasteiger charge is 2.11. The van der Waals surface area contributed by atoms with Gasteiger partial charge in [-0.3, -0.25) is 0 Å². The quantitative estimate of drug-likeness (QED) is 0.670.